The summed E-state index contributed by atoms with van der Waals surface area (Å²) in [5.74, 6) is 2.33. The van der Waals surface area contributed by atoms with Crippen LogP contribution < -0.4 is 5.32 Å². The second-order valence-corrected chi connectivity index (χ2v) is 6.72. The van der Waals surface area contributed by atoms with Gasteiger partial charge < -0.3 is 24.4 Å². The van der Waals surface area contributed by atoms with Crippen molar-refractivity contribution in [1.29, 1.82) is 0 Å². The molecule has 140 valence electrons. The quantitative estimate of drug-likeness (QED) is 0.393. The van der Waals surface area contributed by atoms with E-state index in [0.29, 0.717) is 11.8 Å². The van der Waals surface area contributed by atoms with Gasteiger partial charge in [-0.3, -0.25) is 4.99 Å². The molecule has 2 aliphatic heterocycles. The van der Waals surface area contributed by atoms with Gasteiger partial charge >= 0.3 is 0 Å². The highest BCUT2D eigenvalue weighted by molar-refractivity contribution is 5.80. The summed E-state index contributed by atoms with van der Waals surface area (Å²) >= 11 is 0. The summed E-state index contributed by atoms with van der Waals surface area (Å²) in [5.41, 5.74) is 0. The van der Waals surface area contributed by atoms with Gasteiger partial charge in [0.25, 0.3) is 0 Å². The van der Waals surface area contributed by atoms with Crippen LogP contribution >= 0.6 is 0 Å². The van der Waals surface area contributed by atoms with Crippen LogP contribution in [0, 0.1) is 11.8 Å². The van der Waals surface area contributed by atoms with Gasteiger partial charge in [-0.05, 0) is 38.5 Å². The molecule has 6 heteroatoms. The van der Waals surface area contributed by atoms with Crippen LogP contribution in [-0.4, -0.2) is 77.2 Å². The zero-order valence-corrected chi connectivity index (χ0v) is 15.5. The summed E-state index contributed by atoms with van der Waals surface area (Å²) in [6.45, 7) is 10.2. The predicted octanol–water partition coefficient (Wildman–Crippen LogP) is 1.75. The van der Waals surface area contributed by atoms with Crippen molar-refractivity contribution in [2.75, 3.05) is 66.3 Å². The lowest BCUT2D eigenvalue weighted by Gasteiger charge is -2.22. The minimum Gasteiger partial charge on any atom is -0.381 e. The summed E-state index contributed by atoms with van der Waals surface area (Å²) < 4.78 is 16.7. The third-order valence-electron chi connectivity index (χ3n) is 4.80. The van der Waals surface area contributed by atoms with E-state index in [1.54, 1.807) is 0 Å². The number of hydrogen-bond acceptors (Lipinski definition) is 4. The summed E-state index contributed by atoms with van der Waals surface area (Å²) in [7, 11) is 1.86. The van der Waals surface area contributed by atoms with E-state index in [2.05, 4.69) is 22.1 Å². The van der Waals surface area contributed by atoms with Crippen LogP contribution in [0.2, 0.25) is 0 Å². The number of ether oxygens (including phenoxy) is 3. The molecule has 1 N–H and O–H groups in total. The molecular weight excluding hydrogens is 306 g/mol. The molecule has 1 atom stereocenters. The predicted molar refractivity (Wildman–Crippen MR) is 96.5 cm³/mol. The topological polar surface area (TPSA) is 55.3 Å². The molecule has 6 nitrogen and oxygen atoms in total. The van der Waals surface area contributed by atoms with Crippen LogP contribution in [0.4, 0.5) is 0 Å². The van der Waals surface area contributed by atoms with Crippen molar-refractivity contribution in [3.05, 3.63) is 0 Å². The molecule has 24 heavy (non-hydrogen) atoms. The molecule has 2 fully saturated rings. The fraction of sp³-hybridized carbons (Fsp3) is 0.944. The Balaban J connectivity index is 1.52. The molecule has 0 aromatic rings. The zero-order valence-electron chi connectivity index (χ0n) is 15.5. The number of aliphatic imine (C=N–C) groups is 1. The van der Waals surface area contributed by atoms with E-state index in [1.807, 2.05) is 7.05 Å². The van der Waals surface area contributed by atoms with Crippen LogP contribution in [-0.2, 0) is 14.2 Å². The molecule has 0 saturated carbocycles. The maximum absolute atomic E-state index is 5.81. The Labute approximate surface area is 146 Å². The monoisotopic (exact) mass is 341 g/mol. The average molecular weight is 341 g/mol. The second kappa shape index (κ2) is 11.7. The van der Waals surface area contributed by atoms with Gasteiger partial charge in [-0.1, -0.05) is 0 Å². The Morgan fingerprint density at radius 2 is 1.96 bits per heavy atom. The molecule has 2 heterocycles. The van der Waals surface area contributed by atoms with Crippen molar-refractivity contribution >= 4 is 5.96 Å². The van der Waals surface area contributed by atoms with Gasteiger partial charge in [0.2, 0.25) is 0 Å². The fourth-order valence-electron chi connectivity index (χ4n) is 3.32. The third kappa shape index (κ3) is 6.95. The van der Waals surface area contributed by atoms with Crippen molar-refractivity contribution in [3.63, 3.8) is 0 Å². The molecule has 2 saturated heterocycles. The van der Waals surface area contributed by atoms with Crippen LogP contribution in [0.5, 0.6) is 0 Å². The lowest BCUT2D eigenvalue weighted by Crippen LogP contribution is -2.40. The third-order valence-corrected chi connectivity index (χ3v) is 4.80. The molecule has 0 amide bonds. The lowest BCUT2D eigenvalue weighted by atomic mass is 10.0. The Bertz CT molecular complexity index is 359. The maximum Gasteiger partial charge on any atom is 0.193 e. The number of hydrogen-bond donors (Lipinski definition) is 1. The van der Waals surface area contributed by atoms with E-state index in [1.165, 1.54) is 6.42 Å². The van der Waals surface area contributed by atoms with E-state index in [4.69, 9.17) is 14.2 Å². The van der Waals surface area contributed by atoms with Crippen molar-refractivity contribution in [2.45, 2.75) is 32.6 Å². The molecule has 0 aromatic carbocycles. The van der Waals surface area contributed by atoms with E-state index in [-0.39, 0.29) is 0 Å². The average Bonchev–Trinajstić information content (AvgIpc) is 3.09. The Morgan fingerprint density at radius 1 is 1.17 bits per heavy atom. The first kappa shape index (κ1) is 19.5. The van der Waals surface area contributed by atoms with Gasteiger partial charge in [0, 0.05) is 65.6 Å². The second-order valence-electron chi connectivity index (χ2n) is 6.72. The van der Waals surface area contributed by atoms with Gasteiger partial charge in [0.05, 0.1) is 6.61 Å². The zero-order chi connectivity index (χ0) is 17.0. The van der Waals surface area contributed by atoms with Crippen molar-refractivity contribution in [1.82, 2.24) is 10.2 Å². The van der Waals surface area contributed by atoms with Gasteiger partial charge in [-0.2, -0.15) is 0 Å². The number of guanidine groups is 1. The highest BCUT2D eigenvalue weighted by Gasteiger charge is 2.24. The number of likely N-dealkylation sites (tertiary alicyclic amines) is 1. The minimum absolute atomic E-state index is 0.631. The van der Waals surface area contributed by atoms with E-state index < -0.39 is 0 Å². The van der Waals surface area contributed by atoms with Crippen LogP contribution in [0.3, 0.4) is 0 Å². The first-order valence-electron chi connectivity index (χ1n) is 9.52. The van der Waals surface area contributed by atoms with Crippen LogP contribution in [0.15, 0.2) is 4.99 Å². The Morgan fingerprint density at radius 3 is 2.71 bits per heavy atom. The highest BCUT2D eigenvalue weighted by Crippen LogP contribution is 2.16. The number of rotatable bonds is 9. The summed E-state index contributed by atoms with van der Waals surface area (Å²) in [4.78, 5) is 6.75. The first-order valence-corrected chi connectivity index (χ1v) is 9.52. The first-order chi connectivity index (χ1) is 11.8. The van der Waals surface area contributed by atoms with Crippen molar-refractivity contribution in [3.8, 4) is 0 Å². The van der Waals surface area contributed by atoms with Gasteiger partial charge in [-0.25, -0.2) is 0 Å². The molecule has 0 aromatic heterocycles. The van der Waals surface area contributed by atoms with E-state index in [9.17, 15) is 0 Å². The molecule has 0 bridgehead atoms. The van der Waals surface area contributed by atoms with E-state index >= 15 is 0 Å². The highest BCUT2D eigenvalue weighted by atomic mass is 16.5. The van der Waals surface area contributed by atoms with Gasteiger partial charge in [-0.15, -0.1) is 0 Å². The molecular formula is C18H35N3O3. The molecule has 0 spiro atoms. The number of nitrogens with one attached hydrogen (secondary N) is 1. The SMILES string of the molecule is CCOCC1CCN(C(=NC)NCCCOCC2CCOCC2)C1. The van der Waals surface area contributed by atoms with Gasteiger partial charge in [0.15, 0.2) is 5.96 Å². The minimum atomic E-state index is 0.631. The van der Waals surface area contributed by atoms with Crippen LogP contribution in [0.25, 0.3) is 0 Å². The molecule has 2 rings (SSSR count). The lowest BCUT2D eigenvalue weighted by molar-refractivity contribution is 0.0203. The normalized spacial score (nSPS) is 23.0. The molecule has 2 aliphatic rings. The summed E-state index contributed by atoms with van der Waals surface area (Å²) in [6, 6.07) is 0. The smallest absolute Gasteiger partial charge is 0.193 e. The molecule has 1 unspecified atom stereocenters. The maximum atomic E-state index is 5.81. The van der Waals surface area contributed by atoms with Crippen LogP contribution in [0.1, 0.15) is 32.6 Å². The standard InChI is InChI=1S/C18H35N3O3/c1-3-22-15-17-5-9-21(13-17)18(19-2)20-8-4-10-24-14-16-6-11-23-12-7-16/h16-17H,3-15H2,1-2H3,(H,19,20). The van der Waals surface area contributed by atoms with Gasteiger partial charge in [0.1, 0.15) is 0 Å². The Kier molecular flexibility index (Phi) is 9.46. The van der Waals surface area contributed by atoms with Crippen molar-refractivity contribution in [2.24, 2.45) is 16.8 Å². The summed E-state index contributed by atoms with van der Waals surface area (Å²) in [5, 5.41) is 3.46. The largest absolute Gasteiger partial charge is 0.381 e. The van der Waals surface area contributed by atoms with Crippen molar-refractivity contribution < 1.29 is 14.2 Å². The molecule has 0 aliphatic carbocycles. The Hall–Kier alpha value is -0.850. The van der Waals surface area contributed by atoms with E-state index in [0.717, 1.165) is 84.5 Å². The number of nitrogens with zero attached hydrogens (tertiary/aromatic N) is 2. The molecule has 0 radical (unpaired) electrons. The summed E-state index contributed by atoms with van der Waals surface area (Å²) in [6.07, 6.45) is 4.49. The fourth-order valence-corrected chi connectivity index (χ4v) is 3.32.